The lowest BCUT2D eigenvalue weighted by Crippen LogP contribution is -2.28. The molecule has 1 atom stereocenters. The standard InChI is InChI=1S/C25H23NO6S/c1-3-32-20-13-15(9-10-19(20)27)22-21(23(28)16-6-4-7-17(12-16)31-2)24(29)25(30)26(22)14-18-8-5-11-33-18/h4-13,22,27-28H,3,14H2,1-2H3/b23-21-. The fourth-order valence-corrected chi connectivity index (χ4v) is 4.56. The van der Waals surface area contributed by atoms with Gasteiger partial charge in [0.15, 0.2) is 11.5 Å². The Morgan fingerprint density at radius 3 is 2.64 bits per heavy atom. The van der Waals surface area contributed by atoms with Crippen LogP contribution in [0.25, 0.3) is 5.76 Å². The molecule has 0 aliphatic carbocycles. The van der Waals surface area contributed by atoms with Gasteiger partial charge in [0.1, 0.15) is 11.5 Å². The number of nitrogens with zero attached hydrogens (tertiary/aromatic N) is 1. The number of hydrogen-bond acceptors (Lipinski definition) is 7. The average molecular weight is 466 g/mol. The highest BCUT2D eigenvalue weighted by molar-refractivity contribution is 7.09. The fourth-order valence-electron chi connectivity index (χ4n) is 3.86. The number of phenols is 1. The van der Waals surface area contributed by atoms with Crippen LogP contribution in [0.5, 0.6) is 17.2 Å². The number of likely N-dealkylation sites (tertiary alicyclic amines) is 1. The predicted molar refractivity (Wildman–Crippen MR) is 124 cm³/mol. The number of thiophene rings is 1. The Morgan fingerprint density at radius 2 is 1.94 bits per heavy atom. The summed E-state index contributed by atoms with van der Waals surface area (Å²) in [5.41, 5.74) is 0.867. The van der Waals surface area contributed by atoms with Gasteiger partial charge in [-0.15, -0.1) is 11.3 Å². The van der Waals surface area contributed by atoms with E-state index in [1.165, 1.54) is 29.4 Å². The molecule has 1 saturated heterocycles. The number of rotatable bonds is 7. The van der Waals surface area contributed by atoms with Crippen LogP contribution < -0.4 is 9.47 Å². The van der Waals surface area contributed by atoms with E-state index in [0.29, 0.717) is 23.5 Å². The van der Waals surface area contributed by atoms with Crippen LogP contribution in [0.2, 0.25) is 0 Å². The Bertz CT molecular complexity index is 1220. The lowest BCUT2D eigenvalue weighted by molar-refractivity contribution is -0.140. The maximum absolute atomic E-state index is 13.2. The minimum atomic E-state index is -0.863. The number of aliphatic hydroxyl groups excluding tert-OH is 1. The summed E-state index contributed by atoms with van der Waals surface area (Å²) in [5.74, 6) is -1.09. The number of carbonyl (C=O) groups excluding carboxylic acids is 2. The monoisotopic (exact) mass is 465 g/mol. The number of amides is 1. The van der Waals surface area contributed by atoms with Crippen LogP contribution in [0, 0.1) is 0 Å². The summed E-state index contributed by atoms with van der Waals surface area (Å²) < 4.78 is 10.7. The molecule has 1 aliphatic heterocycles. The van der Waals surface area contributed by atoms with Crippen molar-refractivity contribution in [3.8, 4) is 17.2 Å². The Kier molecular flexibility index (Phi) is 6.37. The summed E-state index contributed by atoms with van der Waals surface area (Å²) in [6.07, 6.45) is 0. The lowest BCUT2D eigenvalue weighted by Gasteiger charge is -2.25. The molecular weight excluding hydrogens is 442 g/mol. The van der Waals surface area contributed by atoms with E-state index in [1.807, 2.05) is 17.5 Å². The molecule has 170 valence electrons. The fraction of sp³-hybridized carbons (Fsp3) is 0.200. The van der Waals surface area contributed by atoms with Crippen molar-refractivity contribution < 1.29 is 29.3 Å². The summed E-state index contributed by atoms with van der Waals surface area (Å²) in [5, 5.41) is 23.2. The van der Waals surface area contributed by atoms with Crippen molar-refractivity contribution in [1.82, 2.24) is 4.90 Å². The number of aromatic hydroxyl groups is 1. The Hall–Kier alpha value is -3.78. The number of hydrogen-bond donors (Lipinski definition) is 2. The van der Waals surface area contributed by atoms with Crippen LogP contribution in [0.1, 0.15) is 29.0 Å². The normalized spacial score (nSPS) is 17.4. The van der Waals surface area contributed by atoms with Gasteiger partial charge in [0.05, 0.1) is 31.9 Å². The third kappa shape index (κ3) is 4.29. The average Bonchev–Trinajstić information content (AvgIpc) is 3.43. The van der Waals surface area contributed by atoms with E-state index < -0.39 is 17.7 Å². The summed E-state index contributed by atoms with van der Waals surface area (Å²) in [4.78, 5) is 28.6. The number of phenolic OH excluding ortho intramolecular Hbond substituents is 1. The first-order chi connectivity index (χ1) is 15.9. The van der Waals surface area contributed by atoms with Crippen molar-refractivity contribution in [2.75, 3.05) is 13.7 Å². The highest BCUT2D eigenvalue weighted by Crippen LogP contribution is 2.43. The third-order valence-electron chi connectivity index (χ3n) is 5.39. The van der Waals surface area contributed by atoms with Crippen molar-refractivity contribution in [2.45, 2.75) is 19.5 Å². The Balaban J connectivity index is 1.89. The molecule has 8 heteroatoms. The van der Waals surface area contributed by atoms with Gasteiger partial charge in [-0.2, -0.15) is 0 Å². The molecular formula is C25H23NO6S. The molecule has 7 nitrogen and oxygen atoms in total. The van der Waals surface area contributed by atoms with Gasteiger partial charge >= 0.3 is 0 Å². The van der Waals surface area contributed by atoms with Crippen LogP contribution in [-0.2, 0) is 16.1 Å². The Morgan fingerprint density at radius 1 is 1.12 bits per heavy atom. The van der Waals surface area contributed by atoms with E-state index in [0.717, 1.165) is 4.88 Å². The maximum atomic E-state index is 13.2. The summed E-state index contributed by atoms with van der Waals surface area (Å²) in [6, 6.07) is 14.2. The molecule has 1 amide bonds. The molecule has 1 fully saturated rings. The maximum Gasteiger partial charge on any atom is 0.295 e. The van der Waals surface area contributed by atoms with Gasteiger partial charge in [0.2, 0.25) is 0 Å². The SMILES string of the molecule is CCOc1cc(C2/C(=C(/O)c3cccc(OC)c3)C(=O)C(=O)N2Cc2cccs2)ccc1O. The molecule has 1 aromatic heterocycles. The van der Waals surface area contributed by atoms with Gasteiger partial charge < -0.3 is 24.6 Å². The predicted octanol–water partition coefficient (Wildman–Crippen LogP) is 4.48. The lowest BCUT2D eigenvalue weighted by atomic mass is 9.95. The molecule has 33 heavy (non-hydrogen) atoms. The second-order valence-corrected chi connectivity index (χ2v) is 8.43. The van der Waals surface area contributed by atoms with Gasteiger partial charge in [0, 0.05) is 10.4 Å². The van der Waals surface area contributed by atoms with E-state index in [2.05, 4.69) is 0 Å². The minimum Gasteiger partial charge on any atom is -0.507 e. The molecule has 0 saturated carbocycles. The van der Waals surface area contributed by atoms with Gasteiger partial charge in [-0.05, 0) is 48.2 Å². The smallest absolute Gasteiger partial charge is 0.295 e. The second kappa shape index (κ2) is 9.38. The minimum absolute atomic E-state index is 0.0297. The zero-order valence-electron chi connectivity index (χ0n) is 18.1. The quantitative estimate of drug-likeness (QED) is 0.303. The summed E-state index contributed by atoms with van der Waals surface area (Å²) in [6.45, 7) is 2.32. The number of ketones is 1. The molecule has 2 heterocycles. The Labute approximate surface area is 195 Å². The molecule has 0 spiro atoms. The first kappa shape index (κ1) is 22.4. The molecule has 1 unspecified atom stereocenters. The van der Waals surface area contributed by atoms with Crippen LogP contribution in [0.3, 0.4) is 0 Å². The third-order valence-corrected chi connectivity index (χ3v) is 6.25. The van der Waals surface area contributed by atoms with Gasteiger partial charge in [-0.1, -0.05) is 24.3 Å². The van der Waals surface area contributed by atoms with Crippen molar-refractivity contribution in [2.24, 2.45) is 0 Å². The van der Waals surface area contributed by atoms with Crippen molar-refractivity contribution in [1.29, 1.82) is 0 Å². The van der Waals surface area contributed by atoms with Crippen molar-refractivity contribution >= 4 is 28.8 Å². The highest BCUT2D eigenvalue weighted by atomic mass is 32.1. The largest absolute Gasteiger partial charge is 0.507 e. The number of benzene rings is 2. The second-order valence-electron chi connectivity index (χ2n) is 7.40. The molecule has 0 radical (unpaired) electrons. The van der Waals surface area contributed by atoms with Crippen LogP contribution in [-0.4, -0.2) is 40.5 Å². The number of Topliss-reactive ketones (excluding diaryl/α,β-unsaturated/α-hetero) is 1. The van der Waals surface area contributed by atoms with Crippen molar-refractivity contribution in [3.05, 3.63) is 81.6 Å². The first-order valence-corrected chi connectivity index (χ1v) is 11.2. The van der Waals surface area contributed by atoms with Crippen molar-refractivity contribution in [3.63, 3.8) is 0 Å². The zero-order chi connectivity index (χ0) is 23.5. The topological polar surface area (TPSA) is 96.3 Å². The molecule has 0 bridgehead atoms. The summed E-state index contributed by atoms with van der Waals surface area (Å²) >= 11 is 1.47. The molecule has 2 N–H and O–H groups in total. The number of carbonyl (C=O) groups is 2. The molecule has 3 aromatic rings. The van der Waals surface area contributed by atoms with Gasteiger partial charge in [-0.3, -0.25) is 9.59 Å². The van der Waals surface area contributed by atoms with E-state index in [1.54, 1.807) is 43.3 Å². The van der Waals surface area contributed by atoms with Crippen LogP contribution >= 0.6 is 11.3 Å². The summed E-state index contributed by atoms with van der Waals surface area (Å²) in [7, 11) is 1.50. The molecule has 2 aromatic carbocycles. The highest BCUT2D eigenvalue weighted by Gasteiger charge is 2.46. The molecule has 1 aliphatic rings. The number of aliphatic hydroxyl groups is 1. The van der Waals surface area contributed by atoms with Gasteiger partial charge in [-0.25, -0.2) is 0 Å². The molecule has 4 rings (SSSR count). The van der Waals surface area contributed by atoms with Crippen LogP contribution in [0.4, 0.5) is 0 Å². The van der Waals surface area contributed by atoms with E-state index in [9.17, 15) is 19.8 Å². The first-order valence-electron chi connectivity index (χ1n) is 10.4. The van der Waals surface area contributed by atoms with E-state index in [-0.39, 0.29) is 29.4 Å². The van der Waals surface area contributed by atoms with Crippen LogP contribution in [0.15, 0.2) is 65.6 Å². The van der Waals surface area contributed by atoms with E-state index >= 15 is 0 Å². The number of methoxy groups -OCH3 is 1. The zero-order valence-corrected chi connectivity index (χ0v) is 19.0. The van der Waals surface area contributed by atoms with Gasteiger partial charge in [0.25, 0.3) is 11.7 Å². The van der Waals surface area contributed by atoms with E-state index in [4.69, 9.17) is 9.47 Å². The number of ether oxygens (including phenoxy) is 2.